The third-order valence-electron chi connectivity index (χ3n) is 2.35. The van der Waals surface area contributed by atoms with Gasteiger partial charge in [-0.05, 0) is 25.1 Å². The summed E-state index contributed by atoms with van der Waals surface area (Å²) in [6.07, 6.45) is 2.55. The van der Waals surface area contributed by atoms with Crippen LogP contribution >= 0.6 is 0 Å². The molecule has 2 aromatic heterocycles. The fourth-order valence-corrected chi connectivity index (χ4v) is 1.58. The minimum absolute atomic E-state index is 0.563. The number of anilines is 1. The number of nitrogens with one attached hydrogen (secondary N) is 2. The van der Waals surface area contributed by atoms with E-state index in [9.17, 15) is 0 Å². The molecule has 5 nitrogen and oxygen atoms in total. The summed E-state index contributed by atoms with van der Waals surface area (Å²) in [6.45, 7) is 1.38. The van der Waals surface area contributed by atoms with Gasteiger partial charge in [-0.15, -0.1) is 0 Å². The summed E-state index contributed by atoms with van der Waals surface area (Å²) in [5, 5.41) is 12.2. The number of pyridine rings is 1. The Labute approximate surface area is 93.3 Å². The van der Waals surface area contributed by atoms with E-state index in [1.165, 1.54) is 0 Å². The zero-order valence-electron chi connectivity index (χ0n) is 8.83. The molecule has 2 aromatic rings. The van der Waals surface area contributed by atoms with Gasteiger partial charge in [0.2, 0.25) is 0 Å². The van der Waals surface area contributed by atoms with Crippen molar-refractivity contribution in [3.05, 3.63) is 23.9 Å². The predicted octanol–water partition coefficient (Wildman–Crippen LogP) is 1.20. The highest BCUT2D eigenvalue weighted by molar-refractivity contribution is 5.88. The van der Waals surface area contributed by atoms with Crippen LogP contribution in [0.15, 0.2) is 18.3 Å². The van der Waals surface area contributed by atoms with Gasteiger partial charge in [0.15, 0.2) is 0 Å². The molecule has 0 aromatic carbocycles. The Balaban J connectivity index is 2.34. The Morgan fingerprint density at radius 1 is 1.56 bits per heavy atom. The van der Waals surface area contributed by atoms with E-state index in [1.807, 2.05) is 12.1 Å². The van der Waals surface area contributed by atoms with Crippen LogP contribution in [0.1, 0.15) is 12.0 Å². The molecule has 4 N–H and O–H groups in total. The average Bonchev–Trinajstić information content (AvgIpc) is 2.67. The quantitative estimate of drug-likeness (QED) is 0.668. The number of aromatic amines is 1. The summed E-state index contributed by atoms with van der Waals surface area (Å²) in [7, 11) is 0. The molecule has 0 aliphatic rings. The van der Waals surface area contributed by atoms with E-state index in [2.05, 4.69) is 21.4 Å². The third kappa shape index (κ3) is 1.83. The van der Waals surface area contributed by atoms with Gasteiger partial charge in [0, 0.05) is 12.7 Å². The van der Waals surface area contributed by atoms with Crippen LogP contribution in [0.5, 0.6) is 0 Å². The number of hydrogen-bond donors (Lipinski definition) is 3. The summed E-state index contributed by atoms with van der Waals surface area (Å²) in [5.41, 5.74) is 7.55. The Kier molecular flexibility index (Phi) is 3.03. The minimum atomic E-state index is 0.563. The summed E-state index contributed by atoms with van der Waals surface area (Å²) in [5.74, 6) is 0.727. The van der Waals surface area contributed by atoms with E-state index in [0.717, 1.165) is 24.3 Å². The maximum Gasteiger partial charge on any atom is 0.124 e. The van der Waals surface area contributed by atoms with E-state index in [1.54, 1.807) is 6.20 Å². The molecule has 0 radical (unpaired) electrons. The molecule has 82 valence electrons. The zero-order valence-corrected chi connectivity index (χ0v) is 8.83. The van der Waals surface area contributed by atoms with Crippen LogP contribution in [-0.2, 0) is 0 Å². The number of rotatable bonds is 4. The maximum absolute atomic E-state index is 9.09. The molecule has 0 amide bonds. The molecule has 0 bridgehead atoms. The monoisotopic (exact) mass is 215 g/mol. The second-order valence-electron chi connectivity index (χ2n) is 3.46. The van der Waals surface area contributed by atoms with Crippen LogP contribution in [-0.4, -0.2) is 23.1 Å². The molecule has 0 fully saturated rings. The van der Waals surface area contributed by atoms with Crippen molar-refractivity contribution < 1.29 is 0 Å². The SMILES string of the molecule is N#Cc1c(NCCCN)[nH]c2cccnc12. The molecule has 2 rings (SSSR count). The molecule has 16 heavy (non-hydrogen) atoms. The molecular weight excluding hydrogens is 202 g/mol. The fourth-order valence-electron chi connectivity index (χ4n) is 1.58. The van der Waals surface area contributed by atoms with Gasteiger partial charge in [0.25, 0.3) is 0 Å². The maximum atomic E-state index is 9.09. The van der Waals surface area contributed by atoms with Crippen molar-refractivity contribution in [2.24, 2.45) is 5.73 Å². The molecular formula is C11H13N5. The van der Waals surface area contributed by atoms with Crippen LogP contribution in [0.4, 0.5) is 5.82 Å². The first kappa shape index (κ1) is 10.5. The van der Waals surface area contributed by atoms with Gasteiger partial charge in [-0.2, -0.15) is 5.26 Å². The summed E-state index contributed by atoms with van der Waals surface area (Å²) < 4.78 is 0. The van der Waals surface area contributed by atoms with Crippen molar-refractivity contribution in [3.63, 3.8) is 0 Å². The highest BCUT2D eigenvalue weighted by Crippen LogP contribution is 2.22. The number of aromatic nitrogens is 2. The smallest absolute Gasteiger partial charge is 0.124 e. The van der Waals surface area contributed by atoms with E-state index in [0.29, 0.717) is 17.6 Å². The number of hydrogen-bond acceptors (Lipinski definition) is 4. The minimum Gasteiger partial charge on any atom is -0.370 e. The van der Waals surface area contributed by atoms with Crippen LogP contribution in [0.3, 0.4) is 0 Å². The topological polar surface area (TPSA) is 90.5 Å². The number of nitriles is 1. The van der Waals surface area contributed by atoms with Crippen molar-refractivity contribution in [2.75, 3.05) is 18.4 Å². The lowest BCUT2D eigenvalue weighted by Gasteiger charge is -2.02. The lowest BCUT2D eigenvalue weighted by molar-refractivity contribution is 0.871. The number of fused-ring (bicyclic) bond motifs is 1. The molecule has 0 atom stereocenters. The highest BCUT2D eigenvalue weighted by Gasteiger charge is 2.10. The Bertz CT molecular complexity index is 523. The van der Waals surface area contributed by atoms with E-state index in [-0.39, 0.29) is 0 Å². The number of nitrogens with zero attached hydrogens (tertiary/aromatic N) is 2. The standard InChI is InChI=1S/C11H13N5/c12-4-2-6-15-11-8(7-13)10-9(16-11)3-1-5-14-10/h1,3,5,15-16H,2,4,6,12H2. The van der Waals surface area contributed by atoms with Crippen molar-refractivity contribution >= 4 is 16.9 Å². The first-order valence-corrected chi connectivity index (χ1v) is 5.17. The summed E-state index contributed by atoms with van der Waals surface area (Å²) in [4.78, 5) is 7.32. The molecule has 2 heterocycles. The molecule has 0 saturated carbocycles. The first-order chi connectivity index (χ1) is 7.86. The van der Waals surface area contributed by atoms with Gasteiger partial charge in [-0.1, -0.05) is 0 Å². The fraction of sp³-hybridized carbons (Fsp3) is 0.273. The first-order valence-electron chi connectivity index (χ1n) is 5.17. The average molecular weight is 215 g/mol. The number of H-pyrrole nitrogens is 1. The molecule has 0 aliphatic carbocycles. The molecule has 0 unspecified atom stereocenters. The van der Waals surface area contributed by atoms with Gasteiger partial charge in [0.1, 0.15) is 23.0 Å². The van der Waals surface area contributed by atoms with Gasteiger partial charge in [-0.3, -0.25) is 4.98 Å². The van der Waals surface area contributed by atoms with Gasteiger partial charge in [-0.25, -0.2) is 0 Å². The Morgan fingerprint density at radius 2 is 2.44 bits per heavy atom. The molecule has 0 spiro atoms. The van der Waals surface area contributed by atoms with Crippen molar-refractivity contribution in [1.82, 2.24) is 9.97 Å². The van der Waals surface area contributed by atoms with E-state index >= 15 is 0 Å². The van der Waals surface area contributed by atoms with Crippen molar-refractivity contribution in [3.8, 4) is 6.07 Å². The highest BCUT2D eigenvalue weighted by atomic mass is 15.0. The summed E-state index contributed by atoms with van der Waals surface area (Å²) >= 11 is 0. The van der Waals surface area contributed by atoms with E-state index < -0.39 is 0 Å². The number of nitrogens with two attached hydrogens (primary N) is 1. The molecule has 0 aliphatic heterocycles. The third-order valence-corrected chi connectivity index (χ3v) is 2.35. The lowest BCUT2D eigenvalue weighted by Crippen LogP contribution is -2.09. The van der Waals surface area contributed by atoms with Crippen LogP contribution < -0.4 is 11.1 Å². The Morgan fingerprint density at radius 3 is 3.19 bits per heavy atom. The van der Waals surface area contributed by atoms with Crippen LogP contribution in [0.2, 0.25) is 0 Å². The van der Waals surface area contributed by atoms with Gasteiger partial charge < -0.3 is 16.0 Å². The van der Waals surface area contributed by atoms with Crippen LogP contribution in [0.25, 0.3) is 11.0 Å². The largest absolute Gasteiger partial charge is 0.370 e. The van der Waals surface area contributed by atoms with Gasteiger partial charge in [0.05, 0.1) is 5.52 Å². The van der Waals surface area contributed by atoms with E-state index in [4.69, 9.17) is 11.0 Å². The second-order valence-corrected chi connectivity index (χ2v) is 3.46. The molecule has 5 heteroatoms. The second kappa shape index (κ2) is 4.64. The lowest BCUT2D eigenvalue weighted by atomic mass is 10.2. The zero-order chi connectivity index (χ0) is 11.4. The molecule has 0 saturated heterocycles. The van der Waals surface area contributed by atoms with Crippen LogP contribution in [0, 0.1) is 11.3 Å². The Hall–Kier alpha value is -2.06. The summed E-state index contributed by atoms with van der Waals surface area (Å²) in [6, 6.07) is 5.90. The predicted molar refractivity (Wildman–Crippen MR) is 63.0 cm³/mol. The normalized spacial score (nSPS) is 10.2. The van der Waals surface area contributed by atoms with Crippen molar-refractivity contribution in [1.29, 1.82) is 5.26 Å². The van der Waals surface area contributed by atoms with Crippen molar-refractivity contribution in [2.45, 2.75) is 6.42 Å². The van der Waals surface area contributed by atoms with Gasteiger partial charge >= 0.3 is 0 Å².